The van der Waals surface area contributed by atoms with Crippen molar-refractivity contribution in [2.45, 2.75) is 30.4 Å². The van der Waals surface area contributed by atoms with Crippen LogP contribution in [0.5, 0.6) is 0 Å². The van der Waals surface area contributed by atoms with E-state index in [9.17, 15) is 18.0 Å². The molecule has 1 aliphatic heterocycles. The number of hydrazine groups is 1. The summed E-state index contributed by atoms with van der Waals surface area (Å²) in [7, 11) is -3.80. The third-order valence-electron chi connectivity index (χ3n) is 4.24. The first-order valence-corrected chi connectivity index (χ1v) is 10.3. The van der Waals surface area contributed by atoms with Crippen LogP contribution in [0.1, 0.15) is 28.8 Å². The number of hydrogen-bond acceptors (Lipinski definition) is 5. The van der Waals surface area contributed by atoms with E-state index in [-0.39, 0.29) is 17.0 Å². The van der Waals surface area contributed by atoms with Gasteiger partial charge in [-0.2, -0.15) is 0 Å². The second-order valence-corrected chi connectivity index (χ2v) is 8.05. The van der Waals surface area contributed by atoms with E-state index in [1.54, 1.807) is 0 Å². The molecule has 28 heavy (non-hydrogen) atoms. The van der Waals surface area contributed by atoms with Gasteiger partial charge in [0.25, 0.3) is 11.8 Å². The third kappa shape index (κ3) is 5.16. The number of sulfonamides is 1. The lowest BCUT2D eigenvalue weighted by molar-refractivity contribution is -0.130. The van der Waals surface area contributed by atoms with Crippen molar-refractivity contribution in [2.75, 3.05) is 6.61 Å². The largest absolute Gasteiger partial charge is 0.368 e. The van der Waals surface area contributed by atoms with Crippen molar-refractivity contribution in [3.63, 3.8) is 0 Å². The predicted molar refractivity (Wildman–Crippen MR) is 101 cm³/mol. The molecule has 0 spiro atoms. The molecule has 1 fully saturated rings. The highest BCUT2D eigenvalue weighted by molar-refractivity contribution is 7.89. The van der Waals surface area contributed by atoms with E-state index in [0.29, 0.717) is 13.0 Å². The number of carbonyl (C=O) groups is 2. The lowest BCUT2D eigenvalue weighted by Crippen LogP contribution is -2.46. The molecule has 0 saturated carbocycles. The summed E-state index contributed by atoms with van der Waals surface area (Å²) in [6, 6.07) is 14.7. The first-order chi connectivity index (χ1) is 13.5. The molecule has 0 aromatic heterocycles. The van der Waals surface area contributed by atoms with E-state index in [1.807, 2.05) is 30.3 Å². The average Bonchev–Trinajstić information content (AvgIpc) is 3.26. The number of nitrogens with one attached hydrogen (secondary N) is 3. The van der Waals surface area contributed by atoms with Crippen molar-refractivity contribution in [3.8, 4) is 0 Å². The van der Waals surface area contributed by atoms with Crippen LogP contribution in [-0.2, 0) is 26.1 Å². The van der Waals surface area contributed by atoms with Gasteiger partial charge >= 0.3 is 0 Å². The topological polar surface area (TPSA) is 114 Å². The van der Waals surface area contributed by atoms with Gasteiger partial charge in [-0.15, -0.1) is 0 Å². The number of amides is 2. The summed E-state index contributed by atoms with van der Waals surface area (Å²) < 4.78 is 32.7. The Bertz CT molecular complexity index is 941. The van der Waals surface area contributed by atoms with E-state index in [4.69, 9.17) is 4.74 Å². The second kappa shape index (κ2) is 8.96. The van der Waals surface area contributed by atoms with Gasteiger partial charge in [0.1, 0.15) is 6.10 Å². The summed E-state index contributed by atoms with van der Waals surface area (Å²) in [5.41, 5.74) is 5.50. The molecule has 1 aliphatic rings. The lowest BCUT2D eigenvalue weighted by atomic mass is 10.2. The highest BCUT2D eigenvalue weighted by Gasteiger charge is 2.24. The Morgan fingerprint density at radius 1 is 1.04 bits per heavy atom. The Morgan fingerprint density at radius 2 is 1.82 bits per heavy atom. The number of carbonyl (C=O) groups excluding carboxylic acids is 2. The Hall–Kier alpha value is -2.75. The molecule has 3 N–H and O–H groups in total. The smallest absolute Gasteiger partial charge is 0.269 e. The summed E-state index contributed by atoms with van der Waals surface area (Å²) in [6.45, 7) is 0.652. The van der Waals surface area contributed by atoms with Crippen LogP contribution in [0.3, 0.4) is 0 Å². The van der Waals surface area contributed by atoms with Crippen molar-refractivity contribution < 1.29 is 22.7 Å². The minimum absolute atomic E-state index is 0.0402. The molecule has 2 aromatic rings. The molecule has 0 unspecified atom stereocenters. The first-order valence-electron chi connectivity index (χ1n) is 8.81. The zero-order chi connectivity index (χ0) is 20.0. The molecule has 148 valence electrons. The monoisotopic (exact) mass is 403 g/mol. The summed E-state index contributed by atoms with van der Waals surface area (Å²) in [5.74, 6) is -1.05. The van der Waals surface area contributed by atoms with Crippen LogP contribution in [0.2, 0.25) is 0 Å². The summed E-state index contributed by atoms with van der Waals surface area (Å²) in [5, 5.41) is 0. The SMILES string of the molecule is O=C(NNC(=O)[C@H]1CCCO1)c1cccc(S(=O)(=O)NCc2ccccc2)c1. The van der Waals surface area contributed by atoms with Gasteiger partial charge in [0, 0.05) is 18.7 Å². The minimum Gasteiger partial charge on any atom is -0.368 e. The van der Waals surface area contributed by atoms with Crippen molar-refractivity contribution in [1.29, 1.82) is 0 Å². The second-order valence-electron chi connectivity index (χ2n) is 6.28. The Kier molecular flexibility index (Phi) is 6.40. The van der Waals surface area contributed by atoms with Crippen molar-refractivity contribution in [3.05, 3.63) is 65.7 Å². The summed E-state index contributed by atoms with van der Waals surface area (Å²) >= 11 is 0. The predicted octanol–water partition coefficient (Wildman–Crippen LogP) is 1.11. The van der Waals surface area contributed by atoms with Gasteiger partial charge in [-0.3, -0.25) is 20.4 Å². The molecular formula is C19H21N3O5S. The molecule has 1 saturated heterocycles. The molecule has 8 nitrogen and oxygen atoms in total. The summed E-state index contributed by atoms with van der Waals surface area (Å²) in [6.07, 6.45) is 0.818. The average molecular weight is 403 g/mol. The van der Waals surface area contributed by atoms with Crippen molar-refractivity contribution in [2.24, 2.45) is 0 Å². The molecule has 1 heterocycles. The van der Waals surface area contributed by atoms with E-state index >= 15 is 0 Å². The van der Waals surface area contributed by atoms with Gasteiger partial charge in [-0.25, -0.2) is 13.1 Å². The molecule has 9 heteroatoms. The van der Waals surface area contributed by atoms with Gasteiger partial charge in [0.2, 0.25) is 10.0 Å². The van der Waals surface area contributed by atoms with Crippen molar-refractivity contribution >= 4 is 21.8 Å². The first kappa shape index (κ1) is 20.0. The fourth-order valence-electron chi connectivity index (χ4n) is 2.72. The van der Waals surface area contributed by atoms with Crippen molar-refractivity contribution in [1.82, 2.24) is 15.6 Å². The molecule has 3 rings (SSSR count). The van der Waals surface area contributed by atoms with Gasteiger partial charge in [-0.1, -0.05) is 36.4 Å². The lowest BCUT2D eigenvalue weighted by Gasteiger charge is -2.12. The number of ether oxygens (including phenoxy) is 1. The normalized spacial score (nSPS) is 16.5. The molecule has 0 bridgehead atoms. The molecular weight excluding hydrogens is 382 g/mol. The van der Waals surface area contributed by atoms with Crippen LogP contribution < -0.4 is 15.6 Å². The fourth-order valence-corrected chi connectivity index (χ4v) is 3.78. The maximum atomic E-state index is 12.5. The molecule has 2 aromatic carbocycles. The zero-order valence-electron chi connectivity index (χ0n) is 15.1. The van der Waals surface area contributed by atoms with E-state index in [2.05, 4.69) is 15.6 Å². The minimum atomic E-state index is -3.80. The highest BCUT2D eigenvalue weighted by Crippen LogP contribution is 2.13. The van der Waals surface area contributed by atoms with Crippen LogP contribution in [-0.4, -0.2) is 32.9 Å². The number of hydrogen-bond donors (Lipinski definition) is 3. The molecule has 0 aliphatic carbocycles. The Labute approximate surface area is 163 Å². The van der Waals surface area contributed by atoms with Crippen LogP contribution in [0.4, 0.5) is 0 Å². The molecule has 0 radical (unpaired) electrons. The highest BCUT2D eigenvalue weighted by atomic mass is 32.2. The van der Waals surface area contributed by atoms with Crippen LogP contribution in [0, 0.1) is 0 Å². The van der Waals surface area contributed by atoms with Gasteiger partial charge < -0.3 is 4.74 Å². The van der Waals surface area contributed by atoms with Gasteiger partial charge in [-0.05, 0) is 36.6 Å². The molecule has 1 atom stereocenters. The maximum absolute atomic E-state index is 12.5. The molecule has 2 amide bonds. The Balaban J connectivity index is 1.62. The third-order valence-corrected chi connectivity index (χ3v) is 5.64. The van der Waals surface area contributed by atoms with Gasteiger partial charge in [0.05, 0.1) is 4.90 Å². The fraction of sp³-hybridized carbons (Fsp3) is 0.263. The number of rotatable bonds is 6. The van der Waals surface area contributed by atoms with E-state index in [1.165, 1.54) is 24.3 Å². The Morgan fingerprint density at radius 3 is 2.54 bits per heavy atom. The van der Waals surface area contributed by atoms with Crippen LogP contribution in [0.25, 0.3) is 0 Å². The van der Waals surface area contributed by atoms with Crippen LogP contribution >= 0.6 is 0 Å². The number of benzene rings is 2. The standard InChI is InChI=1S/C19H21N3O5S/c23-18(21-22-19(24)17-10-5-11-27-17)15-8-4-9-16(12-15)28(25,26)20-13-14-6-2-1-3-7-14/h1-4,6-9,12,17,20H,5,10-11,13H2,(H,21,23)(H,22,24)/t17-/m1/s1. The maximum Gasteiger partial charge on any atom is 0.269 e. The van der Waals surface area contributed by atoms with E-state index in [0.717, 1.165) is 12.0 Å². The van der Waals surface area contributed by atoms with E-state index < -0.39 is 27.9 Å². The van der Waals surface area contributed by atoms with Gasteiger partial charge in [0.15, 0.2) is 0 Å². The quantitative estimate of drug-likeness (QED) is 0.625. The zero-order valence-corrected chi connectivity index (χ0v) is 15.9. The van der Waals surface area contributed by atoms with Crippen LogP contribution in [0.15, 0.2) is 59.5 Å². The summed E-state index contributed by atoms with van der Waals surface area (Å²) in [4.78, 5) is 24.1.